The zero-order valence-electron chi connectivity index (χ0n) is 21.7. The highest BCUT2D eigenvalue weighted by atomic mass is 32.2. The molecule has 0 bridgehead atoms. The van der Waals surface area contributed by atoms with Gasteiger partial charge in [0.25, 0.3) is 0 Å². The van der Waals surface area contributed by atoms with Crippen LogP contribution in [-0.4, -0.2) is 56.4 Å². The van der Waals surface area contributed by atoms with Crippen LogP contribution in [0, 0.1) is 5.92 Å². The van der Waals surface area contributed by atoms with Gasteiger partial charge in [0, 0.05) is 12.0 Å². The third-order valence-electron chi connectivity index (χ3n) is 6.11. The third-order valence-corrected chi connectivity index (χ3v) is 7.56. The lowest BCUT2D eigenvalue weighted by molar-refractivity contribution is -0.133. The Hall–Kier alpha value is -3.66. The number of rotatable bonds is 11. The van der Waals surface area contributed by atoms with Gasteiger partial charge in [-0.15, -0.1) is 0 Å². The Morgan fingerprint density at radius 3 is 2.37 bits per heavy atom. The number of nitrogens with one attached hydrogen (secondary N) is 2. The number of hydrogen-bond acceptors (Lipinski definition) is 6. The van der Waals surface area contributed by atoms with Gasteiger partial charge >= 0.3 is 6.09 Å². The molecule has 2 atom stereocenters. The van der Waals surface area contributed by atoms with Gasteiger partial charge in [0.2, 0.25) is 11.8 Å². The van der Waals surface area contributed by atoms with Crippen molar-refractivity contribution in [3.63, 3.8) is 0 Å². The molecule has 1 aliphatic rings. The number of alkyl carbamates (subject to hydrolysis) is 1. The van der Waals surface area contributed by atoms with E-state index in [4.69, 9.17) is 4.74 Å². The number of benzene rings is 2. The molecule has 1 fully saturated rings. The van der Waals surface area contributed by atoms with E-state index in [0.717, 1.165) is 17.4 Å². The van der Waals surface area contributed by atoms with Crippen LogP contribution in [0.1, 0.15) is 38.7 Å². The van der Waals surface area contributed by atoms with Crippen LogP contribution in [0.2, 0.25) is 0 Å². The van der Waals surface area contributed by atoms with Crippen molar-refractivity contribution in [3.05, 3.63) is 77.7 Å². The zero-order valence-corrected chi connectivity index (χ0v) is 22.5. The van der Waals surface area contributed by atoms with Gasteiger partial charge in [-0.2, -0.15) is 0 Å². The summed E-state index contributed by atoms with van der Waals surface area (Å²) in [5.41, 5.74) is 0.823. The molecule has 3 amide bonds. The Morgan fingerprint density at radius 1 is 1.05 bits per heavy atom. The third kappa shape index (κ3) is 8.72. The summed E-state index contributed by atoms with van der Waals surface area (Å²) in [6.45, 7) is 4.13. The van der Waals surface area contributed by atoms with Crippen molar-refractivity contribution < 1.29 is 27.5 Å². The predicted molar refractivity (Wildman–Crippen MR) is 144 cm³/mol. The van der Waals surface area contributed by atoms with E-state index in [2.05, 4.69) is 10.6 Å². The van der Waals surface area contributed by atoms with Crippen molar-refractivity contribution >= 4 is 27.7 Å². The topological polar surface area (TPSA) is 122 Å². The lowest BCUT2D eigenvalue weighted by Gasteiger charge is -2.24. The minimum Gasteiger partial charge on any atom is -0.445 e. The quantitative estimate of drug-likeness (QED) is 0.450. The van der Waals surface area contributed by atoms with Gasteiger partial charge in [0.1, 0.15) is 12.6 Å². The molecule has 204 valence electrons. The van der Waals surface area contributed by atoms with Gasteiger partial charge < -0.3 is 20.3 Å². The van der Waals surface area contributed by atoms with E-state index < -0.39 is 27.9 Å². The summed E-state index contributed by atoms with van der Waals surface area (Å²) >= 11 is 0. The summed E-state index contributed by atoms with van der Waals surface area (Å²) in [6, 6.07) is 16.0. The SMILES string of the molecule is CC(C)C[C@H](NC(=O)OCc1ccccc1)C(=O)NCC(=O)N1CCC[C@H]1/C=C/S(=O)(=O)c1ccccc1. The van der Waals surface area contributed by atoms with Gasteiger partial charge in [0.15, 0.2) is 9.84 Å². The Morgan fingerprint density at radius 2 is 1.71 bits per heavy atom. The van der Waals surface area contributed by atoms with Gasteiger partial charge in [-0.05, 0) is 42.9 Å². The molecule has 9 nitrogen and oxygen atoms in total. The van der Waals surface area contributed by atoms with E-state index >= 15 is 0 Å². The van der Waals surface area contributed by atoms with Crippen LogP contribution in [0.25, 0.3) is 0 Å². The summed E-state index contributed by atoms with van der Waals surface area (Å²) in [7, 11) is -3.62. The Labute approximate surface area is 224 Å². The van der Waals surface area contributed by atoms with Crippen LogP contribution in [0.5, 0.6) is 0 Å². The van der Waals surface area contributed by atoms with E-state index in [1.165, 1.54) is 18.2 Å². The second-order valence-corrected chi connectivity index (χ2v) is 11.4. The van der Waals surface area contributed by atoms with Crippen LogP contribution < -0.4 is 10.6 Å². The van der Waals surface area contributed by atoms with Crippen molar-refractivity contribution in [2.75, 3.05) is 13.1 Å². The van der Waals surface area contributed by atoms with Gasteiger partial charge in [0.05, 0.1) is 17.5 Å². The average Bonchev–Trinajstić information content (AvgIpc) is 3.39. The Bertz CT molecular complexity index is 1220. The highest BCUT2D eigenvalue weighted by Gasteiger charge is 2.29. The molecule has 1 heterocycles. The first-order valence-electron chi connectivity index (χ1n) is 12.7. The molecule has 1 aliphatic heterocycles. The fraction of sp³-hybridized carbons (Fsp3) is 0.393. The van der Waals surface area contributed by atoms with E-state index in [0.29, 0.717) is 19.4 Å². The van der Waals surface area contributed by atoms with Crippen LogP contribution >= 0.6 is 0 Å². The molecule has 0 aromatic heterocycles. The number of ether oxygens (including phenoxy) is 1. The molecule has 10 heteroatoms. The first-order chi connectivity index (χ1) is 18.2. The molecule has 2 aromatic carbocycles. The maximum atomic E-state index is 12.9. The number of sulfone groups is 1. The Balaban J connectivity index is 1.54. The second-order valence-electron chi connectivity index (χ2n) is 9.59. The molecule has 2 N–H and O–H groups in total. The van der Waals surface area contributed by atoms with E-state index in [1.807, 2.05) is 44.2 Å². The number of amides is 3. The smallest absolute Gasteiger partial charge is 0.408 e. The highest BCUT2D eigenvalue weighted by molar-refractivity contribution is 7.94. The summed E-state index contributed by atoms with van der Waals surface area (Å²) in [4.78, 5) is 39.8. The fourth-order valence-corrected chi connectivity index (χ4v) is 5.26. The van der Waals surface area contributed by atoms with Crippen molar-refractivity contribution in [1.29, 1.82) is 0 Å². The van der Waals surface area contributed by atoms with Crippen LogP contribution in [0.3, 0.4) is 0 Å². The summed E-state index contributed by atoms with van der Waals surface area (Å²) < 4.78 is 30.4. The molecule has 0 spiro atoms. The number of carbonyl (C=O) groups excluding carboxylic acids is 3. The molecular formula is C28H35N3O6S. The number of likely N-dealkylation sites (tertiary alicyclic amines) is 1. The molecular weight excluding hydrogens is 506 g/mol. The zero-order chi connectivity index (χ0) is 27.5. The summed E-state index contributed by atoms with van der Waals surface area (Å²) in [5, 5.41) is 6.36. The molecule has 0 aliphatic carbocycles. The van der Waals surface area contributed by atoms with E-state index in [9.17, 15) is 22.8 Å². The minimum atomic E-state index is -3.62. The van der Waals surface area contributed by atoms with Crippen LogP contribution in [0.4, 0.5) is 4.79 Å². The van der Waals surface area contributed by atoms with Crippen LogP contribution in [-0.2, 0) is 30.8 Å². The van der Waals surface area contributed by atoms with Gasteiger partial charge in [-0.3, -0.25) is 9.59 Å². The fourth-order valence-electron chi connectivity index (χ4n) is 4.18. The molecule has 1 saturated heterocycles. The van der Waals surface area contributed by atoms with Gasteiger partial charge in [-0.25, -0.2) is 13.2 Å². The molecule has 38 heavy (non-hydrogen) atoms. The van der Waals surface area contributed by atoms with Crippen LogP contribution in [0.15, 0.2) is 77.0 Å². The number of nitrogens with zero attached hydrogens (tertiary/aromatic N) is 1. The number of carbonyl (C=O) groups is 3. The van der Waals surface area contributed by atoms with Gasteiger partial charge in [-0.1, -0.05) is 68.5 Å². The first-order valence-corrected chi connectivity index (χ1v) is 14.2. The Kier molecular flexibility index (Phi) is 10.5. The lowest BCUT2D eigenvalue weighted by Crippen LogP contribution is -2.50. The lowest BCUT2D eigenvalue weighted by atomic mass is 10.0. The normalized spacial score (nSPS) is 16.4. The molecule has 0 unspecified atom stereocenters. The maximum absolute atomic E-state index is 12.9. The second kappa shape index (κ2) is 13.8. The molecule has 0 saturated carbocycles. The predicted octanol–water partition coefficient (Wildman–Crippen LogP) is 3.42. The molecule has 2 aromatic rings. The van der Waals surface area contributed by atoms with Crippen molar-refractivity contribution in [1.82, 2.24) is 15.5 Å². The van der Waals surface area contributed by atoms with Crippen molar-refractivity contribution in [2.24, 2.45) is 5.92 Å². The maximum Gasteiger partial charge on any atom is 0.408 e. The van der Waals surface area contributed by atoms with Crippen molar-refractivity contribution in [2.45, 2.75) is 56.7 Å². The summed E-state index contributed by atoms with van der Waals surface area (Å²) in [5.74, 6) is -0.699. The first kappa shape index (κ1) is 28.9. The van der Waals surface area contributed by atoms with E-state index in [-0.39, 0.29) is 35.9 Å². The standard InChI is InChI=1S/C28H35N3O6S/c1-21(2)18-25(30-28(34)37-20-22-10-5-3-6-11-22)27(33)29-19-26(32)31-16-9-12-23(31)15-17-38(35,36)24-13-7-4-8-14-24/h3-8,10-11,13-15,17,21,23,25H,9,12,16,18-20H2,1-2H3,(H,29,33)(H,30,34)/b17-15+/t23-,25-/m0/s1. The number of hydrogen-bond donors (Lipinski definition) is 2. The molecule has 3 rings (SSSR count). The average molecular weight is 542 g/mol. The summed E-state index contributed by atoms with van der Waals surface area (Å²) in [6.07, 6.45) is 2.54. The largest absolute Gasteiger partial charge is 0.445 e. The highest BCUT2D eigenvalue weighted by Crippen LogP contribution is 2.20. The minimum absolute atomic E-state index is 0.0744. The monoisotopic (exact) mass is 541 g/mol. The van der Waals surface area contributed by atoms with Crippen molar-refractivity contribution in [3.8, 4) is 0 Å². The molecule has 0 radical (unpaired) electrons. The van der Waals surface area contributed by atoms with E-state index in [1.54, 1.807) is 23.1 Å².